The first-order valence-corrected chi connectivity index (χ1v) is 8.93. The van der Waals surface area contributed by atoms with Crippen LogP contribution in [0, 0.1) is 5.92 Å². The molecule has 1 heterocycles. The van der Waals surface area contributed by atoms with Gasteiger partial charge in [0.05, 0.1) is 5.60 Å². The highest BCUT2D eigenvalue weighted by molar-refractivity contribution is 5.74. The Morgan fingerprint density at radius 2 is 2.08 bits per heavy atom. The van der Waals surface area contributed by atoms with Gasteiger partial charge in [-0.1, -0.05) is 38.3 Å². The lowest BCUT2D eigenvalue weighted by Crippen LogP contribution is -2.48. The van der Waals surface area contributed by atoms with Crippen molar-refractivity contribution in [1.29, 1.82) is 0 Å². The second kappa shape index (κ2) is 7.96. The number of hydrogen-bond acceptors (Lipinski definition) is 5. The van der Waals surface area contributed by atoms with Gasteiger partial charge in [0.1, 0.15) is 6.04 Å². The van der Waals surface area contributed by atoms with E-state index in [4.69, 9.17) is 4.52 Å². The van der Waals surface area contributed by atoms with Gasteiger partial charge in [-0.05, 0) is 32.6 Å². The molecule has 3 N–H and O–H groups in total. The average Bonchev–Trinajstić information content (AvgIpc) is 3.22. The zero-order chi connectivity index (χ0) is 17.7. The number of nitrogens with one attached hydrogen (secondary N) is 2. The van der Waals surface area contributed by atoms with Crippen molar-refractivity contribution in [1.82, 2.24) is 20.8 Å². The van der Waals surface area contributed by atoms with E-state index in [0.29, 0.717) is 11.8 Å². The third-order valence-electron chi connectivity index (χ3n) is 5.18. The fraction of sp³-hybridized carbons (Fsp3) is 0.824. The highest BCUT2D eigenvalue weighted by atomic mass is 16.5. The normalized spacial score (nSPS) is 20.4. The number of nitrogens with zero attached hydrogens (tertiary/aromatic N) is 2. The lowest BCUT2D eigenvalue weighted by molar-refractivity contribution is 0.00783. The monoisotopic (exact) mass is 338 g/mol. The van der Waals surface area contributed by atoms with Crippen LogP contribution in [0.4, 0.5) is 4.79 Å². The summed E-state index contributed by atoms with van der Waals surface area (Å²) in [6.07, 6.45) is 5.47. The third kappa shape index (κ3) is 4.69. The number of aliphatic hydroxyl groups is 1. The van der Waals surface area contributed by atoms with Crippen LogP contribution in [0.25, 0.3) is 0 Å². The molecular formula is C17H30N4O3. The van der Waals surface area contributed by atoms with Crippen molar-refractivity contribution in [3.8, 4) is 0 Å². The van der Waals surface area contributed by atoms with Gasteiger partial charge in [0.15, 0.2) is 5.82 Å². The number of carbonyl (C=O) groups excluding carboxylic acids is 1. The Balaban J connectivity index is 1.83. The van der Waals surface area contributed by atoms with Crippen molar-refractivity contribution in [2.75, 3.05) is 6.54 Å². The van der Waals surface area contributed by atoms with Crippen LogP contribution < -0.4 is 10.6 Å². The van der Waals surface area contributed by atoms with Crippen molar-refractivity contribution < 1.29 is 14.4 Å². The molecule has 1 fully saturated rings. The van der Waals surface area contributed by atoms with E-state index in [1.54, 1.807) is 13.8 Å². The maximum atomic E-state index is 12.0. The number of amides is 2. The van der Waals surface area contributed by atoms with Gasteiger partial charge in [-0.2, -0.15) is 4.98 Å². The molecule has 1 saturated carbocycles. The summed E-state index contributed by atoms with van der Waals surface area (Å²) in [7, 11) is 0. The molecule has 1 aliphatic carbocycles. The van der Waals surface area contributed by atoms with Gasteiger partial charge in [-0.25, -0.2) is 4.79 Å². The Kier molecular flexibility index (Phi) is 6.21. The van der Waals surface area contributed by atoms with Crippen molar-refractivity contribution in [3.05, 3.63) is 11.7 Å². The van der Waals surface area contributed by atoms with Gasteiger partial charge in [-0.15, -0.1) is 0 Å². The molecule has 0 bridgehead atoms. The molecule has 2 amide bonds. The Labute approximate surface area is 143 Å². The molecule has 0 saturated heterocycles. The molecule has 3 unspecified atom stereocenters. The minimum Gasteiger partial charge on any atom is -0.388 e. The van der Waals surface area contributed by atoms with Crippen molar-refractivity contribution in [2.24, 2.45) is 5.92 Å². The van der Waals surface area contributed by atoms with E-state index in [2.05, 4.69) is 20.8 Å². The number of hydrogen-bond donors (Lipinski definition) is 3. The summed E-state index contributed by atoms with van der Waals surface area (Å²) < 4.78 is 5.29. The van der Waals surface area contributed by atoms with Crippen LogP contribution in [-0.4, -0.2) is 33.4 Å². The van der Waals surface area contributed by atoms with Crippen LogP contribution in [0.1, 0.15) is 83.5 Å². The quantitative estimate of drug-likeness (QED) is 0.710. The van der Waals surface area contributed by atoms with Crippen LogP contribution >= 0.6 is 0 Å². The smallest absolute Gasteiger partial charge is 0.315 e. The number of rotatable bonds is 7. The fourth-order valence-electron chi connectivity index (χ4n) is 2.96. The maximum absolute atomic E-state index is 12.0. The summed E-state index contributed by atoms with van der Waals surface area (Å²) >= 11 is 0. The molecule has 136 valence electrons. The number of carbonyl (C=O) groups is 1. The van der Waals surface area contributed by atoms with Gasteiger partial charge in [-0.3, -0.25) is 0 Å². The number of aromatic nitrogens is 2. The zero-order valence-electron chi connectivity index (χ0n) is 15.1. The molecule has 24 heavy (non-hydrogen) atoms. The molecular weight excluding hydrogens is 308 g/mol. The molecule has 7 heteroatoms. The lowest BCUT2D eigenvalue weighted by atomic mass is 9.89. The lowest BCUT2D eigenvalue weighted by Gasteiger charge is -2.29. The molecule has 7 nitrogen and oxygen atoms in total. The van der Waals surface area contributed by atoms with Gasteiger partial charge >= 0.3 is 6.03 Å². The molecule has 0 spiro atoms. The zero-order valence-corrected chi connectivity index (χ0v) is 15.1. The van der Waals surface area contributed by atoms with Crippen LogP contribution in [0.3, 0.4) is 0 Å². The van der Waals surface area contributed by atoms with E-state index in [9.17, 15) is 9.90 Å². The summed E-state index contributed by atoms with van der Waals surface area (Å²) in [5, 5.41) is 19.9. The van der Waals surface area contributed by atoms with E-state index in [1.807, 2.05) is 13.8 Å². The molecule has 3 atom stereocenters. The summed E-state index contributed by atoms with van der Waals surface area (Å²) in [4.78, 5) is 16.5. The molecule has 1 aromatic rings. The van der Waals surface area contributed by atoms with E-state index in [-0.39, 0.29) is 24.5 Å². The van der Waals surface area contributed by atoms with Crippen molar-refractivity contribution >= 4 is 6.03 Å². The summed E-state index contributed by atoms with van der Waals surface area (Å²) in [5.74, 6) is 1.64. The van der Waals surface area contributed by atoms with Gasteiger partial charge in [0, 0.05) is 12.5 Å². The minimum absolute atomic E-state index is 0.0973. The Morgan fingerprint density at radius 3 is 2.71 bits per heavy atom. The largest absolute Gasteiger partial charge is 0.388 e. The molecule has 0 radical (unpaired) electrons. The van der Waals surface area contributed by atoms with Crippen LogP contribution in [0.15, 0.2) is 4.52 Å². The van der Waals surface area contributed by atoms with Gasteiger partial charge in [0.25, 0.3) is 0 Å². The molecule has 0 aliphatic heterocycles. The predicted molar refractivity (Wildman–Crippen MR) is 90.5 cm³/mol. The van der Waals surface area contributed by atoms with Gasteiger partial charge < -0.3 is 20.3 Å². The van der Waals surface area contributed by atoms with Crippen LogP contribution in [0.5, 0.6) is 0 Å². The van der Waals surface area contributed by atoms with E-state index in [1.165, 1.54) is 12.8 Å². The second-order valence-electron chi connectivity index (χ2n) is 7.19. The van der Waals surface area contributed by atoms with Crippen molar-refractivity contribution in [2.45, 2.75) is 77.4 Å². The SMILES string of the molecule is CCC(C)C(C)(O)CNC(=O)NC(C)c1nc(C2CCCC2)no1. The molecule has 2 rings (SSSR count). The topological polar surface area (TPSA) is 100 Å². The van der Waals surface area contributed by atoms with Gasteiger partial charge in [0.2, 0.25) is 5.89 Å². The summed E-state index contributed by atoms with van der Waals surface area (Å²) in [6.45, 7) is 7.71. The molecule has 1 aromatic heterocycles. The first-order valence-electron chi connectivity index (χ1n) is 8.93. The highest BCUT2D eigenvalue weighted by Crippen LogP contribution is 2.32. The van der Waals surface area contributed by atoms with Crippen LogP contribution in [0.2, 0.25) is 0 Å². The number of urea groups is 1. The second-order valence-corrected chi connectivity index (χ2v) is 7.19. The average molecular weight is 338 g/mol. The first-order chi connectivity index (χ1) is 11.3. The summed E-state index contributed by atoms with van der Waals surface area (Å²) in [6, 6.07) is -0.729. The predicted octanol–water partition coefficient (Wildman–Crippen LogP) is 2.88. The minimum atomic E-state index is -0.935. The summed E-state index contributed by atoms with van der Waals surface area (Å²) in [5.41, 5.74) is -0.935. The first kappa shape index (κ1) is 18.7. The maximum Gasteiger partial charge on any atom is 0.315 e. The Hall–Kier alpha value is -1.63. The van der Waals surface area contributed by atoms with Crippen molar-refractivity contribution in [3.63, 3.8) is 0 Å². The Morgan fingerprint density at radius 1 is 1.42 bits per heavy atom. The molecule has 1 aliphatic rings. The van der Waals surface area contributed by atoms with E-state index < -0.39 is 5.60 Å². The fourth-order valence-corrected chi connectivity index (χ4v) is 2.96. The molecule has 0 aromatic carbocycles. The Bertz CT molecular complexity index is 538. The highest BCUT2D eigenvalue weighted by Gasteiger charge is 2.28. The van der Waals surface area contributed by atoms with E-state index in [0.717, 1.165) is 25.1 Å². The van der Waals surface area contributed by atoms with Crippen LogP contribution in [-0.2, 0) is 0 Å². The van der Waals surface area contributed by atoms with E-state index >= 15 is 0 Å². The standard InChI is InChI=1S/C17H30N4O3/c1-5-11(2)17(4,23)10-18-16(22)19-12(3)15-20-14(21-24-15)13-8-6-7-9-13/h11-13,23H,5-10H2,1-4H3,(H2,18,19,22). The third-order valence-corrected chi connectivity index (χ3v) is 5.18.